The second-order valence-electron chi connectivity index (χ2n) is 12.4. The van der Waals surface area contributed by atoms with Gasteiger partial charge in [-0.2, -0.15) is 18.2 Å². The van der Waals surface area contributed by atoms with Crippen LogP contribution in [0.2, 0.25) is 0 Å². The molecular weight excluding hydrogens is 583 g/mol. The van der Waals surface area contributed by atoms with Gasteiger partial charge in [0.25, 0.3) is 12.3 Å². The molecule has 0 spiro atoms. The number of ether oxygens (including phenoxy) is 1. The third-order valence-electron chi connectivity index (χ3n) is 8.90. The molecule has 3 aliphatic rings. The number of aromatic nitrogens is 4. The molecule has 2 aliphatic heterocycles. The van der Waals surface area contributed by atoms with Crippen LogP contribution >= 0.6 is 0 Å². The highest BCUT2D eigenvalue weighted by atomic mass is 19.4. The molecule has 1 saturated carbocycles. The summed E-state index contributed by atoms with van der Waals surface area (Å²) in [5.74, 6) is -0.465. The summed E-state index contributed by atoms with van der Waals surface area (Å²) in [5, 5.41) is 7.96. The van der Waals surface area contributed by atoms with Crippen LogP contribution in [0.4, 0.5) is 27.8 Å². The van der Waals surface area contributed by atoms with Crippen molar-refractivity contribution in [3.05, 3.63) is 64.2 Å². The minimum atomic E-state index is -4.74. The third-order valence-corrected chi connectivity index (χ3v) is 8.90. The van der Waals surface area contributed by atoms with E-state index in [4.69, 9.17) is 8.85 Å². The van der Waals surface area contributed by atoms with Gasteiger partial charge in [-0.05, 0) is 79.0 Å². The van der Waals surface area contributed by atoms with Crippen molar-refractivity contribution < 1.29 is 35.6 Å². The Kier molecular flexibility index (Phi) is 6.93. The standard InChI is InChI=1S/C31H35F5N6O2/c1-18-5-4-6-41(13-18)14-20-7-22-23(24(8-20)31(34,35)36)15-42(28(22)43)26-9-21(10-27(38-26)44-16-25(32)33)30(11-19(2)12-30)29-39-37-17-40(29)3/h7-10,17-19,25H,4-6,11-16H2,1-3H3/t18-,19?,30?/m0/s1/i3D3. The molecule has 1 aliphatic carbocycles. The maximum Gasteiger partial charge on any atom is 0.416 e. The molecule has 236 valence electrons. The fourth-order valence-corrected chi connectivity index (χ4v) is 7.05. The number of nitrogens with zero attached hydrogens (tertiary/aromatic N) is 6. The zero-order valence-corrected chi connectivity index (χ0v) is 24.4. The minimum Gasteiger partial charge on any atom is -0.472 e. The Labute approximate surface area is 256 Å². The number of likely N-dealkylation sites (tertiary alicyclic amines) is 1. The number of fused-ring (bicyclic) bond motifs is 1. The molecule has 2 fully saturated rings. The molecule has 6 rings (SSSR count). The fraction of sp³-hybridized carbons (Fsp3) is 0.548. The number of carbonyl (C=O) groups is 1. The predicted molar refractivity (Wildman–Crippen MR) is 152 cm³/mol. The Bertz CT molecular complexity index is 1660. The molecule has 13 heteroatoms. The van der Waals surface area contributed by atoms with E-state index in [2.05, 4.69) is 27.0 Å². The topological polar surface area (TPSA) is 76.4 Å². The maximum absolute atomic E-state index is 14.5. The van der Waals surface area contributed by atoms with Gasteiger partial charge in [-0.25, -0.2) is 8.78 Å². The van der Waals surface area contributed by atoms with Crippen LogP contribution in [0.3, 0.4) is 0 Å². The number of anilines is 1. The van der Waals surface area contributed by atoms with E-state index in [1.165, 1.54) is 18.2 Å². The lowest BCUT2D eigenvalue weighted by molar-refractivity contribution is -0.138. The van der Waals surface area contributed by atoms with Crippen molar-refractivity contribution in [1.29, 1.82) is 0 Å². The lowest BCUT2D eigenvalue weighted by Gasteiger charge is -2.46. The summed E-state index contributed by atoms with van der Waals surface area (Å²) < 4.78 is 100.0. The lowest BCUT2D eigenvalue weighted by Crippen LogP contribution is -2.43. The molecule has 44 heavy (non-hydrogen) atoms. The molecule has 0 unspecified atom stereocenters. The lowest BCUT2D eigenvalue weighted by atomic mass is 9.58. The van der Waals surface area contributed by atoms with E-state index >= 15 is 0 Å². The number of piperidine rings is 1. The monoisotopic (exact) mass is 621 g/mol. The second kappa shape index (κ2) is 11.4. The fourth-order valence-electron chi connectivity index (χ4n) is 7.05. The number of carbonyl (C=O) groups excluding carboxylic acids is 1. The van der Waals surface area contributed by atoms with Crippen molar-refractivity contribution in [2.75, 3.05) is 24.6 Å². The molecule has 4 heterocycles. The number of alkyl halides is 5. The predicted octanol–water partition coefficient (Wildman–Crippen LogP) is 5.98. The van der Waals surface area contributed by atoms with Crippen molar-refractivity contribution in [3.8, 4) is 5.88 Å². The Morgan fingerprint density at radius 3 is 2.64 bits per heavy atom. The Balaban J connectivity index is 1.42. The zero-order valence-electron chi connectivity index (χ0n) is 27.4. The summed E-state index contributed by atoms with van der Waals surface area (Å²) in [6.07, 6.45) is -3.71. The third kappa shape index (κ3) is 5.66. The largest absolute Gasteiger partial charge is 0.472 e. The number of benzene rings is 1. The van der Waals surface area contributed by atoms with Gasteiger partial charge in [-0.1, -0.05) is 13.8 Å². The highest BCUT2D eigenvalue weighted by Crippen LogP contribution is 2.52. The number of hydrogen-bond acceptors (Lipinski definition) is 6. The van der Waals surface area contributed by atoms with Gasteiger partial charge in [0.2, 0.25) is 5.88 Å². The molecule has 1 saturated heterocycles. The van der Waals surface area contributed by atoms with Crippen LogP contribution < -0.4 is 9.64 Å². The Morgan fingerprint density at radius 2 is 1.95 bits per heavy atom. The van der Waals surface area contributed by atoms with Gasteiger partial charge in [0.15, 0.2) is 6.61 Å². The van der Waals surface area contributed by atoms with Gasteiger partial charge < -0.3 is 9.30 Å². The quantitative estimate of drug-likeness (QED) is 0.288. The Hall–Kier alpha value is -3.61. The number of pyridine rings is 1. The van der Waals surface area contributed by atoms with Crippen LogP contribution in [-0.4, -0.2) is 56.7 Å². The van der Waals surface area contributed by atoms with E-state index < -0.39 is 49.6 Å². The first-order valence-electron chi connectivity index (χ1n) is 16.2. The first-order valence-corrected chi connectivity index (χ1v) is 14.7. The second-order valence-corrected chi connectivity index (χ2v) is 12.4. The molecular formula is C31H35F5N6O2. The van der Waals surface area contributed by atoms with Crippen LogP contribution in [0.1, 0.15) is 82.1 Å². The van der Waals surface area contributed by atoms with Gasteiger partial charge in [0.1, 0.15) is 18.0 Å². The van der Waals surface area contributed by atoms with E-state index in [-0.39, 0.29) is 41.1 Å². The normalized spacial score (nSPS) is 25.4. The van der Waals surface area contributed by atoms with Crippen LogP contribution in [0.15, 0.2) is 30.6 Å². The number of rotatable bonds is 8. The summed E-state index contributed by atoms with van der Waals surface area (Å²) in [5.41, 5.74) is -1.52. The number of halogens is 5. The highest BCUT2D eigenvalue weighted by molar-refractivity contribution is 6.10. The van der Waals surface area contributed by atoms with Crippen LogP contribution in [-0.2, 0) is 31.7 Å². The highest BCUT2D eigenvalue weighted by Gasteiger charge is 2.49. The maximum atomic E-state index is 14.5. The van der Waals surface area contributed by atoms with Crippen LogP contribution in [0.5, 0.6) is 5.88 Å². The number of hydrogen-bond donors (Lipinski definition) is 0. The molecule has 2 aromatic heterocycles. The summed E-state index contributed by atoms with van der Waals surface area (Å²) in [7, 11) is 0. The van der Waals surface area contributed by atoms with Crippen molar-refractivity contribution in [1.82, 2.24) is 24.6 Å². The summed E-state index contributed by atoms with van der Waals surface area (Å²) in [4.78, 5) is 21.4. The number of amides is 1. The van der Waals surface area contributed by atoms with Gasteiger partial charge in [-0.3, -0.25) is 14.6 Å². The molecule has 8 nitrogen and oxygen atoms in total. The zero-order chi connectivity index (χ0) is 33.9. The smallest absolute Gasteiger partial charge is 0.416 e. The van der Waals surface area contributed by atoms with Crippen molar-refractivity contribution in [2.45, 2.75) is 70.6 Å². The molecule has 1 aromatic carbocycles. The van der Waals surface area contributed by atoms with Crippen molar-refractivity contribution >= 4 is 11.7 Å². The molecule has 0 bridgehead atoms. The van der Waals surface area contributed by atoms with Crippen LogP contribution in [0.25, 0.3) is 0 Å². The minimum absolute atomic E-state index is 0.101. The van der Waals surface area contributed by atoms with Gasteiger partial charge in [0.05, 0.1) is 17.5 Å². The summed E-state index contributed by atoms with van der Waals surface area (Å²) in [6, 6.07) is 5.47. The van der Waals surface area contributed by atoms with Crippen molar-refractivity contribution in [2.24, 2.45) is 18.8 Å². The van der Waals surface area contributed by atoms with Crippen molar-refractivity contribution in [3.63, 3.8) is 0 Å². The molecule has 1 amide bonds. The van der Waals surface area contributed by atoms with Crippen LogP contribution in [0, 0.1) is 11.8 Å². The SMILES string of the molecule is [2H]C([2H])([2H])n1cnnc1C1(c2cc(OCC(F)F)nc(N3Cc4c(cc(CN5CCC[C@H](C)C5)cc4C(F)(F)F)C3=O)c2)CC(C)C1. The van der Waals surface area contributed by atoms with E-state index in [9.17, 15) is 26.7 Å². The van der Waals surface area contributed by atoms with Gasteiger partial charge >= 0.3 is 6.18 Å². The average molecular weight is 622 g/mol. The summed E-state index contributed by atoms with van der Waals surface area (Å²) in [6.45, 7) is 1.70. The Morgan fingerprint density at radius 1 is 1.16 bits per heavy atom. The van der Waals surface area contributed by atoms with Gasteiger partial charge in [0, 0.05) is 35.8 Å². The van der Waals surface area contributed by atoms with E-state index in [1.54, 1.807) is 0 Å². The first kappa shape index (κ1) is 26.8. The molecule has 0 N–H and O–H groups in total. The molecule has 1 atom stereocenters. The average Bonchev–Trinajstić information content (AvgIpc) is 3.59. The molecule has 0 radical (unpaired) electrons. The molecule has 3 aromatic rings. The number of aryl methyl sites for hydroxylation is 1. The van der Waals surface area contributed by atoms with E-state index in [1.807, 2.05) is 6.92 Å². The first-order chi connectivity index (χ1) is 22.0. The van der Waals surface area contributed by atoms with E-state index in [0.717, 1.165) is 47.8 Å². The van der Waals surface area contributed by atoms with Gasteiger partial charge in [-0.15, -0.1) is 10.2 Å². The van der Waals surface area contributed by atoms with E-state index in [0.29, 0.717) is 29.9 Å². The summed E-state index contributed by atoms with van der Waals surface area (Å²) >= 11 is 0.